The average molecular weight is 351 g/mol. The van der Waals surface area contributed by atoms with Gasteiger partial charge in [-0.2, -0.15) is 5.10 Å². The molecule has 4 atom stereocenters. The first-order valence-electron chi connectivity index (χ1n) is 8.78. The van der Waals surface area contributed by atoms with E-state index in [4.69, 9.17) is 0 Å². The lowest BCUT2D eigenvalue weighted by Crippen LogP contribution is -2.49. The fourth-order valence-corrected chi connectivity index (χ4v) is 4.11. The van der Waals surface area contributed by atoms with Crippen LogP contribution in [-0.2, 0) is 14.4 Å². The summed E-state index contributed by atoms with van der Waals surface area (Å²) in [5.74, 6) is -1.94. The number of nitrogens with zero attached hydrogens (tertiary/aromatic N) is 3. The number of rotatable bonds is 2. The van der Waals surface area contributed by atoms with Crippen molar-refractivity contribution in [3.05, 3.63) is 42.5 Å². The van der Waals surface area contributed by atoms with Crippen LogP contribution in [0.15, 0.2) is 47.6 Å². The van der Waals surface area contributed by atoms with Gasteiger partial charge in [0, 0.05) is 11.6 Å². The number of hydrogen-bond acceptors (Lipinski definition) is 5. The number of benzene rings is 1. The molecule has 6 heteroatoms. The van der Waals surface area contributed by atoms with E-state index in [1.165, 1.54) is 4.90 Å². The number of amides is 2. The number of hydrazone groups is 1. The Morgan fingerprint density at radius 1 is 1.04 bits per heavy atom. The van der Waals surface area contributed by atoms with Gasteiger partial charge in [-0.25, -0.2) is 4.90 Å². The van der Waals surface area contributed by atoms with Crippen molar-refractivity contribution in [2.75, 3.05) is 4.90 Å². The minimum Gasteiger partial charge on any atom is -0.297 e. The Morgan fingerprint density at radius 3 is 2.35 bits per heavy atom. The number of allylic oxidation sites excluding steroid dienone is 1. The van der Waals surface area contributed by atoms with Crippen LogP contribution in [0.5, 0.6) is 0 Å². The van der Waals surface area contributed by atoms with E-state index in [2.05, 4.69) is 5.10 Å². The van der Waals surface area contributed by atoms with Gasteiger partial charge in [-0.15, -0.1) is 0 Å². The van der Waals surface area contributed by atoms with Gasteiger partial charge in [0.1, 0.15) is 6.04 Å². The summed E-state index contributed by atoms with van der Waals surface area (Å²) in [6.45, 7) is 5.49. The number of ketones is 1. The minimum absolute atomic E-state index is 0.0708. The minimum atomic E-state index is -0.726. The predicted molar refractivity (Wildman–Crippen MR) is 97.4 cm³/mol. The van der Waals surface area contributed by atoms with Crippen molar-refractivity contribution in [1.29, 1.82) is 0 Å². The Bertz CT molecular complexity index is 838. The zero-order valence-electron chi connectivity index (χ0n) is 15.0. The Balaban J connectivity index is 1.80. The molecule has 2 saturated heterocycles. The molecular weight excluding hydrogens is 330 g/mol. The van der Waals surface area contributed by atoms with Crippen LogP contribution < -0.4 is 4.90 Å². The predicted octanol–water partition coefficient (Wildman–Crippen LogP) is 2.02. The number of Topliss-reactive ketones (excluding diaryl/α,β-unsaturated/α-hetero) is 1. The van der Waals surface area contributed by atoms with Gasteiger partial charge in [0.15, 0.2) is 5.78 Å². The van der Waals surface area contributed by atoms with Crippen molar-refractivity contribution in [3.8, 4) is 0 Å². The third-order valence-corrected chi connectivity index (χ3v) is 5.31. The second kappa shape index (κ2) is 5.62. The molecule has 0 radical (unpaired) electrons. The molecule has 0 bridgehead atoms. The molecule has 2 amide bonds. The van der Waals surface area contributed by atoms with Gasteiger partial charge in [-0.05, 0) is 18.2 Å². The number of carbonyl (C=O) groups excluding carboxylic acids is 3. The van der Waals surface area contributed by atoms with Crippen LogP contribution in [0.2, 0.25) is 0 Å². The molecule has 4 rings (SSSR count). The van der Waals surface area contributed by atoms with E-state index in [1.54, 1.807) is 41.6 Å². The highest BCUT2D eigenvalue weighted by atomic mass is 16.2. The van der Waals surface area contributed by atoms with Crippen LogP contribution in [0.3, 0.4) is 0 Å². The summed E-state index contributed by atoms with van der Waals surface area (Å²) in [5.41, 5.74) is -0.0849. The molecule has 1 aromatic rings. The lowest BCUT2D eigenvalue weighted by atomic mass is 9.80. The molecule has 134 valence electrons. The monoisotopic (exact) mass is 351 g/mol. The molecule has 6 nitrogen and oxygen atoms in total. The third kappa shape index (κ3) is 2.25. The summed E-state index contributed by atoms with van der Waals surface area (Å²) in [7, 11) is 0. The molecule has 0 N–H and O–H groups in total. The number of hydrogen-bond donors (Lipinski definition) is 0. The molecule has 1 aromatic carbocycles. The van der Waals surface area contributed by atoms with Crippen molar-refractivity contribution in [2.45, 2.75) is 32.9 Å². The Hall–Kier alpha value is -2.76. The van der Waals surface area contributed by atoms with E-state index >= 15 is 0 Å². The maximum Gasteiger partial charge on any atom is 0.240 e. The summed E-state index contributed by atoms with van der Waals surface area (Å²) < 4.78 is 0. The van der Waals surface area contributed by atoms with Crippen LogP contribution >= 0.6 is 0 Å². The molecule has 2 fully saturated rings. The maximum absolute atomic E-state index is 13.2. The first kappa shape index (κ1) is 16.7. The van der Waals surface area contributed by atoms with Crippen molar-refractivity contribution in [2.24, 2.45) is 22.4 Å². The fourth-order valence-electron chi connectivity index (χ4n) is 4.11. The molecule has 0 saturated carbocycles. The highest BCUT2D eigenvalue weighted by Crippen LogP contribution is 2.47. The largest absolute Gasteiger partial charge is 0.297 e. The quantitative estimate of drug-likeness (QED) is 0.765. The molecule has 3 aliphatic rings. The molecule has 3 aliphatic heterocycles. The zero-order valence-corrected chi connectivity index (χ0v) is 15.0. The van der Waals surface area contributed by atoms with Crippen LogP contribution in [0.4, 0.5) is 5.69 Å². The van der Waals surface area contributed by atoms with Gasteiger partial charge in [0.05, 0.1) is 23.6 Å². The Labute approximate surface area is 152 Å². The van der Waals surface area contributed by atoms with Gasteiger partial charge < -0.3 is 0 Å². The Kier molecular flexibility index (Phi) is 3.61. The number of carbonyl (C=O) groups is 3. The van der Waals surface area contributed by atoms with Gasteiger partial charge in [-0.3, -0.25) is 19.4 Å². The molecule has 26 heavy (non-hydrogen) atoms. The van der Waals surface area contributed by atoms with Gasteiger partial charge in [-0.1, -0.05) is 45.0 Å². The summed E-state index contributed by atoms with van der Waals surface area (Å²) in [5, 5.41) is 5.99. The van der Waals surface area contributed by atoms with Crippen molar-refractivity contribution < 1.29 is 14.4 Å². The van der Waals surface area contributed by atoms with Gasteiger partial charge >= 0.3 is 0 Å². The number of imide groups is 1. The van der Waals surface area contributed by atoms with Crippen molar-refractivity contribution in [3.63, 3.8) is 0 Å². The summed E-state index contributed by atoms with van der Waals surface area (Å²) in [6, 6.07) is 7.80. The van der Waals surface area contributed by atoms with E-state index in [-0.39, 0.29) is 23.6 Å². The lowest BCUT2D eigenvalue weighted by molar-refractivity contribution is -0.136. The van der Waals surface area contributed by atoms with Crippen molar-refractivity contribution in [1.82, 2.24) is 5.01 Å². The normalized spacial score (nSPS) is 30.0. The molecule has 3 heterocycles. The molecule has 0 aliphatic carbocycles. The topological polar surface area (TPSA) is 70.0 Å². The molecule has 0 aromatic heterocycles. The molecule has 0 unspecified atom stereocenters. The van der Waals surface area contributed by atoms with Crippen LogP contribution in [0.25, 0.3) is 0 Å². The second-order valence-corrected chi connectivity index (χ2v) is 7.98. The van der Waals surface area contributed by atoms with Crippen LogP contribution in [0.1, 0.15) is 20.8 Å². The summed E-state index contributed by atoms with van der Waals surface area (Å²) in [6.07, 6.45) is 5.23. The second-order valence-electron chi connectivity index (χ2n) is 7.98. The Morgan fingerprint density at radius 2 is 1.69 bits per heavy atom. The lowest BCUT2D eigenvalue weighted by Gasteiger charge is -2.33. The van der Waals surface area contributed by atoms with E-state index in [0.717, 1.165) is 0 Å². The van der Waals surface area contributed by atoms with Crippen molar-refractivity contribution >= 4 is 29.5 Å². The van der Waals surface area contributed by atoms with E-state index in [0.29, 0.717) is 5.69 Å². The highest BCUT2D eigenvalue weighted by molar-refractivity contribution is 6.24. The van der Waals surface area contributed by atoms with Gasteiger partial charge in [0.2, 0.25) is 11.8 Å². The zero-order chi connectivity index (χ0) is 18.6. The first-order chi connectivity index (χ1) is 12.3. The average Bonchev–Trinajstić information content (AvgIpc) is 3.08. The van der Waals surface area contributed by atoms with Crippen LogP contribution in [-0.4, -0.2) is 40.9 Å². The number of fused-ring (bicyclic) bond motifs is 3. The number of anilines is 1. The maximum atomic E-state index is 13.2. The standard InChI is InChI=1S/C20H21N3O3/c1-20(2,3)17(24)16-15-14(13-10-7-11-21-23(13)16)18(25)22(19(15)26)12-8-5-4-6-9-12/h4-11,13-16H,1-3H3/t13-,14-,15-,16+/m1/s1. The smallest absolute Gasteiger partial charge is 0.240 e. The fraction of sp³-hybridized carbons (Fsp3) is 0.400. The van der Waals surface area contributed by atoms with Crippen LogP contribution in [0, 0.1) is 17.3 Å². The highest BCUT2D eigenvalue weighted by Gasteiger charge is 2.64. The van der Waals surface area contributed by atoms with Gasteiger partial charge in [0.25, 0.3) is 0 Å². The molecule has 0 spiro atoms. The summed E-state index contributed by atoms with van der Waals surface area (Å²) >= 11 is 0. The summed E-state index contributed by atoms with van der Waals surface area (Å²) in [4.78, 5) is 40.8. The van der Waals surface area contributed by atoms with E-state index in [1.807, 2.05) is 32.9 Å². The van der Waals surface area contributed by atoms with E-state index < -0.39 is 23.3 Å². The number of para-hydroxylation sites is 1. The molecular formula is C20H21N3O3. The van der Waals surface area contributed by atoms with E-state index in [9.17, 15) is 14.4 Å². The first-order valence-corrected chi connectivity index (χ1v) is 8.78. The SMILES string of the molecule is CC(C)(C)C(=O)[C@@H]1[C@@H]2C(=O)N(c3ccccc3)C(=O)[C@@H]2[C@H]2C=CC=NN21. The third-order valence-electron chi connectivity index (χ3n) is 5.31.